The maximum absolute atomic E-state index is 13.0. The van der Waals surface area contributed by atoms with E-state index in [0.29, 0.717) is 31.7 Å². The molecule has 0 aliphatic carbocycles. The number of carbonyl (C=O) groups is 1. The number of amides is 1. The van der Waals surface area contributed by atoms with E-state index in [1.54, 1.807) is 42.5 Å². The fourth-order valence-corrected chi connectivity index (χ4v) is 5.63. The largest absolute Gasteiger partial charge is 0.494 e. The molecular weight excluding hydrogens is 424 g/mol. The minimum atomic E-state index is -3.70. The number of nitrogens with one attached hydrogen (secondary N) is 1. The summed E-state index contributed by atoms with van der Waals surface area (Å²) in [7, 11) is -3.70. The molecule has 0 aromatic heterocycles. The highest BCUT2D eigenvalue weighted by Crippen LogP contribution is 2.27. The van der Waals surface area contributed by atoms with Crippen molar-refractivity contribution < 1.29 is 17.9 Å². The van der Waals surface area contributed by atoms with Crippen molar-refractivity contribution >= 4 is 21.6 Å². The Labute approximate surface area is 192 Å². The Bertz CT molecular complexity index is 946. The van der Waals surface area contributed by atoms with E-state index in [9.17, 15) is 13.2 Å². The molecule has 1 aliphatic heterocycles. The van der Waals surface area contributed by atoms with Gasteiger partial charge in [-0.1, -0.05) is 57.2 Å². The number of unbranched alkanes of at least 4 members (excludes halogenated alkanes) is 5. The third kappa shape index (κ3) is 6.56. The summed E-state index contributed by atoms with van der Waals surface area (Å²) < 4.78 is 33.0. The number of sulfonamides is 1. The van der Waals surface area contributed by atoms with E-state index in [0.717, 1.165) is 12.2 Å². The number of benzene rings is 2. The predicted molar refractivity (Wildman–Crippen MR) is 127 cm³/mol. The van der Waals surface area contributed by atoms with E-state index in [2.05, 4.69) is 12.2 Å². The summed E-state index contributed by atoms with van der Waals surface area (Å²) >= 11 is 0. The molecule has 174 valence electrons. The highest BCUT2D eigenvalue weighted by molar-refractivity contribution is 7.89. The molecule has 0 saturated carbocycles. The zero-order valence-electron chi connectivity index (χ0n) is 18.8. The molecule has 1 saturated heterocycles. The summed E-state index contributed by atoms with van der Waals surface area (Å²) in [6, 6.07) is 14.8. The molecule has 2 aromatic carbocycles. The normalized spacial score (nSPS) is 16.7. The summed E-state index contributed by atoms with van der Waals surface area (Å²) in [6.07, 6.45) is 8.47. The monoisotopic (exact) mass is 458 g/mol. The quantitative estimate of drug-likeness (QED) is 0.443. The van der Waals surface area contributed by atoms with Gasteiger partial charge in [0.05, 0.1) is 11.5 Å². The van der Waals surface area contributed by atoms with E-state index in [-0.39, 0.29) is 10.8 Å². The lowest BCUT2D eigenvalue weighted by Crippen LogP contribution is -2.43. The van der Waals surface area contributed by atoms with Crippen LogP contribution in [0.3, 0.4) is 0 Å². The number of carbonyl (C=O) groups excluding carboxylic acids is 1. The van der Waals surface area contributed by atoms with Crippen LogP contribution in [0, 0.1) is 0 Å². The lowest BCUT2D eigenvalue weighted by Gasteiger charge is -2.23. The van der Waals surface area contributed by atoms with Crippen LogP contribution in [-0.4, -0.2) is 37.8 Å². The highest BCUT2D eigenvalue weighted by atomic mass is 32.2. The van der Waals surface area contributed by atoms with Crippen molar-refractivity contribution in [2.45, 2.75) is 69.2 Å². The summed E-state index contributed by atoms with van der Waals surface area (Å²) in [5, 5.41) is 2.86. The van der Waals surface area contributed by atoms with Crippen molar-refractivity contribution in [3.8, 4) is 5.75 Å². The average Bonchev–Trinajstić information content (AvgIpc) is 3.31. The number of nitrogens with zero attached hydrogens (tertiary/aromatic N) is 1. The van der Waals surface area contributed by atoms with Crippen molar-refractivity contribution in [3.63, 3.8) is 0 Å². The molecule has 3 rings (SSSR count). The molecule has 7 heteroatoms. The topological polar surface area (TPSA) is 75.7 Å². The van der Waals surface area contributed by atoms with Gasteiger partial charge >= 0.3 is 0 Å². The smallest absolute Gasteiger partial charge is 0.243 e. The Balaban J connectivity index is 1.51. The van der Waals surface area contributed by atoms with Gasteiger partial charge in [0.1, 0.15) is 11.8 Å². The first-order valence-corrected chi connectivity index (χ1v) is 13.1. The lowest BCUT2D eigenvalue weighted by molar-refractivity contribution is -0.119. The number of rotatable bonds is 12. The maximum Gasteiger partial charge on any atom is 0.243 e. The SMILES string of the molecule is CCCCCCCCOc1ccc(NC(=O)[C@@H]2CCCN2S(=O)(=O)c2ccccc2)cc1. The van der Waals surface area contributed by atoms with E-state index in [1.165, 1.54) is 36.4 Å². The first kappa shape index (κ1) is 24.3. The van der Waals surface area contributed by atoms with Gasteiger partial charge in [0.25, 0.3) is 0 Å². The zero-order chi connectivity index (χ0) is 22.8. The highest BCUT2D eigenvalue weighted by Gasteiger charge is 2.39. The Morgan fingerprint density at radius 3 is 2.41 bits per heavy atom. The molecule has 6 nitrogen and oxygen atoms in total. The minimum absolute atomic E-state index is 0.214. The molecule has 1 atom stereocenters. The van der Waals surface area contributed by atoms with E-state index >= 15 is 0 Å². The molecule has 1 amide bonds. The van der Waals surface area contributed by atoms with E-state index < -0.39 is 16.1 Å². The van der Waals surface area contributed by atoms with Gasteiger partial charge in [0.15, 0.2) is 0 Å². The number of hydrogen-bond donors (Lipinski definition) is 1. The van der Waals surface area contributed by atoms with Crippen molar-refractivity contribution in [2.24, 2.45) is 0 Å². The molecular formula is C25H34N2O4S. The van der Waals surface area contributed by atoms with E-state index in [1.807, 2.05) is 12.1 Å². The Morgan fingerprint density at radius 1 is 1.00 bits per heavy atom. The van der Waals surface area contributed by atoms with Gasteiger partial charge < -0.3 is 10.1 Å². The van der Waals surface area contributed by atoms with Crippen LogP contribution in [-0.2, 0) is 14.8 Å². The van der Waals surface area contributed by atoms with Gasteiger partial charge in [-0.05, 0) is 55.7 Å². The molecule has 0 radical (unpaired) electrons. The zero-order valence-corrected chi connectivity index (χ0v) is 19.6. The van der Waals surface area contributed by atoms with Crippen LogP contribution in [0.4, 0.5) is 5.69 Å². The van der Waals surface area contributed by atoms with Crippen LogP contribution < -0.4 is 10.1 Å². The molecule has 0 bridgehead atoms. The van der Waals surface area contributed by atoms with Crippen LogP contribution in [0.15, 0.2) is 59.5 Å². The maximum atomic E-state index is 13.0. The second-order valence-corrected chi connectivity index (χ2v) is 10.1. The fraction of sp³-hybridized carbons (Fsp3) is 0.480. The molecule has 32 heavy (non-hydrogen) atoms. The van der Waals surface area contributed by atoms with Gasteiger partial charge in [0, 0.05) is 12.2 Å². The van der Waals surface area contributed by atoms with Gasteiger partial charge in [-0.3, -0.25) is 4.79 Å². The first-order valence-electron chi connectivity index (χ1n) is 11.6. The second-order valence-electron chi connectivity index (χ2n) is 8.22. The van der Waals surface area contributed by atoms with E-state index in [4.69, 9.17) is 4.74 Å². The summed E-state index contributed by atoms with van der Waals surface area (Å²) in [5.41, 5.74) is 0.630. The van der Waals surface area contributed by atoms with Crippen LogP contribution in [0.5, 0.6) is 5.75 Å². The van der Waals surface area contributed by atoms with Gasteiger partial charge in [-0.25, -0.2) is 8.42 Å². The Morgan fingerprint density at radius 2 is 1.69 bits per heavy atom. The number of anilines is 1. The van der Waals surface area contributed by atoms with Crippen molar-refractivity contribution in [3.05, 3.63) is 54.6 Å². The van der Waals surface area contributed by atoms with Crippen LogP contribution in [0.2, 0.25) is 0 Å². The fourth-order valence-electron chi connectivity index (χ4n) is 3.95. The molecule has 1 fully saturated rings. The van der Waals surface area contributed by atoms with Crippen LogP contribution in [0.1, 0.15) is 58.3 Å². The Kier molecular flexibility index (Phi) is 9.11. The minimum Gasteiger partial charge on any atom is -0.494 e. The molecule has 1 N–H and O–H groups in total. The Hall–Kier alpha value is -2.38. The van der Waals surface area contributed by atoms with Crippen LogP contribution in [0.25, 0.3) is 0 Å². The third-order valence-electron chi connectivity index (χ3n) is 5.74. The molecule has 1 aliphatic rings. The standard InChI is InChI=1S/C25H34N2O4S/c1-2-3-4-5-6-10-20-31-22-17-15-21(16-18-22)26-25(28)24-14-11-19-27(24)32(29,30)23-12-8-7-9-13-23/h7-9,12-13,15-18,24H,2-6,10-11,14,19-20H2,1H3,(H,26,28)/t24-/m0/s1. The van der Waals surface area contributed by atoms with Gasteiger partial charge in [-0.2, -0.15) is 4.31 Å². The molecule has 2 aromatic rings. The molecule has 0 spiro atoms. The molecule has 1 heterocycles. The second kappa shape index (κ2) is 12.0. The van der Waals surface area contributed by atoms with Crippen molar-refractivity contribution in [1.82, 2.24) is 4.31 Å². The number of hydrogen-bond acceptors (Lipinski definition) is 4. The summed E-state index contributed by atoms with van der Waals surface area (Å²) in [4.78, 5) is 13.1. The van der Waals surface area contributed by atoms with Crippen molar-refractivity contribution in [2.75, 3.05) is 18.5 Å². The lowest BCUT2D eigenvalue weighted by atomic mass is 10.1. The number of ether oxygens (including phenoxy) is 1. The first-order chi connectivity index (χ1) is 15.5. The summed E-state index contributed by atoms with van der Waals surface area (Å²) in [6.45, 7) is 3.25. The molecule has 0 unspecified atom stereocenters. The predicted octanol–water partition coefficient (Wildman–Crippen LogP) is 5.22. The average molecular weight is 459 g/mol. The van der Waals surface area contributed by atoms with Gasteiger partial charge in [-0.15, -0.1) is 0 Å². The van der Waals surface area contributed by atoms with Gasteiger partial charge in [0.2, 0.25) is 15.9 Å². The van der Waals surface area contributed by atoms with Crippen LogP contribution >= 0.6 is 0 Å². The third-order valence-corrected chi connectivity index (χ3v) is 7.67. The summed E-state index contributed by atoms with van der Waals surface area (Å²) in [5.74, 6) is 0.466. The van der Waals surface area contributed by atoms with Crippen molar-refractivity contribution in [1.29, 1.82) is 0 Å².